The standard InChI is InChI=1S/C12H15N3/c1-2-3-4-6-14-10-11-5-7-15-12(8-11)9-13/h2-3,5,7-8,14H,4,6,10H2,1H3/b3-2+. The van der Waals surface area contributed by atoms with Crippen molar-refractivity contribution in [2.45, 2.75) is 19.9 Å². The zero-order chi connectivity index (χ0) is 10.9. The number of allylic oxidation sites excluding steroid dienone is 1. The molecule has 0 unspecified atom stereocenters. The average molecular weight is 201 g/mol. The van der Waals surface area contributed by atoms with Gasteiger partial charge in [0.15, 0.2) is 0 Å². The van der Waals surface area contributed by atoms with E-state index in [-0.39, 0.29) is 0 Å². The van der Waals surface area contributed by atoms with Crippen molar-refractivity contribution in [1.29, 1.82) is 5.26 Å². The molecule has 78 valence electrons. The minimum Gasteiger partial charge on any atom is -0.312 e. The third-order valence-electron chi connectivity index (χ3n) is 1.99. The van der Waals surface area contributed by atoms with Crippen LogP contribution in [0.5, 0.6) is 0 Å². The molecule has 0 aliphatic carbocycles. The van der Waals surface area contributed by atoms with Crippen LogP contribution in [-0.2, 0) is 6.54 Å². The molecular weight excluding hydrogens is 186 g/mol. The van der Waals surface area contributed by atoms with Crippen LogP contribution in [0.25, 0.3) is 0 Å². The van der Waals surface area contributed by atoms with Crippen LogP contribution >= 0.6 is 0 Å². The maximum absolute atomic E-state index is 8.66. The van der Waals surface area contributed by atoms with E-state index in [0.717, 1.165) is 25.1 Å². The average Bonchev–Trinajstić information content (AvgIpc) is 2.29. The van der Waals surface area contributed by atoms with E-state index in [9.17, 15) is 0 Å². The van der Waals surface area contributed by atoms with E-state index < -0.39 is 0 Å². The van der Waals surface area contributed by atoms with Gasteiger partial charge in [-0.2, -0.15) is 5.26 Å². The monoisotopic (exact) mass is 201 g/mol. The fourth-order valence-corrected chi connectivity index (χ4v) is 1.23. The Kier molecular flexibility index (Phi) is 5.13. The molecule has 0 aliphatic rings. The van der Waals surface area contributed by atoms with Crippen LogP contribution in [0, 0.1) is 11.3 Å². The van der Waals surface area contributed by atoms with Crippen molar-refractivity contribution in [2.75, 3.05) is 6.54 Å². The van der Waals surface area contributed by atoms with E-state index in [1.807, 2.05) is 31.2 Å². The summed E-state index contributed by atoms with van der Waals surface area (Å²) in [6, 6.07) is 5.76. The molecule has 1 heterocycles. The Bertz CT molecular complexity index is 363. The largest absolute Gasteiger partial charge is 0.312 e. The molecular formula is C12H15N3. The summed E-state index contributed by atoms with van der Waals surface area (Å²) in [5.41, 5.74) is 1.57. The van der Waals surface area contributed by atoms with E-state index in [1.165, 1.54) is 0 Å². The van der Waals surface area contributed by atoms with Crippen LogP contribution in [0.2, 0.25) is 0 Å². The minimum absolute atomic E-state index is 0.475. The van der Waals surface area contributed by atoms with Crippen molar-refractivity contribution in [1.82, 2.24) is 10.3 Å². The lowest BCUT2D eigenvalue weighted by Crippen LogP contribution is -2.14. The number of pyridine rings is 1. The van der Waals surface area contributed by atoms with Gasteiger partial charge in [-0.1, -0.05) is 12.2 Å². The lowest BCUT2D eigenvalue weighted by Gasteiger charge is -2.02. The second-order valence-electron chi connectivity index (χ2n) is 3.20. The van der Waals surface area contributed by atoms with E-state index in [2.05, 4.69) is 16.4 Å². The van der Waals surface area contributed by atoms with Gasteiger partial charge in [-0.05, 0) is 37.6 Å². The Morgan fingerprint density at radius 3 is 3.20 bits per heavy atom. The summed E-state index contributed by atoms with van der Waals surface area (Å²) < 4.78 is 0. The van der Waals surface area contributed by atoms with Crippen molar-refractivity contribution in [3.8, 4) is 6.07 Å². The normalized spacial score (nSPS) is 10.4. The molecule has 0 aliphatic heterocycles. The Labute approximate surface area is 90.5 Å². The van der Waals surface area contributed by atoms with Gasteiger partial charge in [0.1, 0.15) is 11.8 Å². The summed E-state index contributed by atoms with van der Waals surface area (Å²) in [7, 11) is 0. The Morgan fingerprint density at radius 2 is 2.47 bits per heavy atom. The fraction of sp³-hybridized carbons (Fsp3) is 0.333. The van der Waals surface area contributed by atoms with E-state index in [1.54, 1.807) is 6.20 Å². The molecule has 0 aromatic carbocycles. The predicted molar refractivity (Wildman–Crippen MR) is 60.1 cm³/mol. The number of aromatic nitrogens is 1. The first-order valence-corrected chi connectivity index (χ1v) is 5.03. The van der Waals surface area contributed by atoms with Gasteiger partial charge in [-0.15, -0.1) is 0 Å². The molecule has 0 bridgehead atoms. The number of rotatable bonds is 5. The van der Waals surface area contributed by atoms with Gasteiger partial charge >= 0.3 is 0 Å². The van der Waals surface area contributed by atoms with Crippen LogP contribution in [0.15, 0.2) is 30.5 Å². The second-order valence-corrected chi connectivity index (χ2v) is 3.20. The van der Waals surface area contributed by atoms with Gasteiger partial charge in [0.2, 0.25) is 0 Å². The minimum atomic E-state index is 0.475. The van der Waals surface area contributed by atoms with Crippen LogP contribution in [0.1, 0.15) is 24.6 Å². The van der Waals surface area contributed by atoms with Crippen molar-refractivity contribution in [3.05, 3.63) is 41.7 Å². The molecule has 0 atom stereocenters. The maximum atomic E-state index is 8.66. The van der Waals surface area contributed by atoms with Crippen LogP contribution in [-0.4, -0.2) is 11.5 Å². The van der Waals surface area contributed by atoms with Crippen molar-refractivity contribution < 1.29 is 0 Å². The van der Waals surface area contributed by atoms with E-state index >= 15 is 0 Å². The van der Waals surface area contributed by atoms with Crippen LogP contribution in [0.3, 0.4) is 0 Å². The third kappa shape index (κ3) is 4.39. The molecule has 0 spiro atoms. The van der Waals surface area contributed by atoms with Crippen molar-refractivity contribution in [2.24, 2.45) is 0 Å². The molecule has 3 heteroatoms. The highest BCUT2D eigenvalue weighted by atomic mass is 14.8. The smallest absolute Gasteiger partial charge is 0.140 e. The highest BCUT2D eigenvalue weighted by molar-refractivity contribution is 5.25. The summed E-state index contributed by atoms with van der Waals surface area (Å²) in [5.74, 6) is 0. The maximum Gasteiger partial charge on any atom is 0.140 e. The molecule has 0 radical (unpaired) electrons. The van der Waals surface area contributed by atoms with Gasteiger partial charge in [0, 0.05) is 12.7 Å². The van der Waals surface area contributed by atoms with Crippen LogP contribution in [0.4, 0.5) is 0 Å². The molecule has 15 heavy (non-hydrogen) atoms. The summed E-state index contributed by atoms with van der Waals surface area (Å²) >= 11 is 0. The highest BCUT2D eigenvalue weighted by Gasteiger charge is 1.95. The summed E-state index contributed by atoms with van der Waals surface area (Å²) in [6.45, 7) is 3.76. The number of nitriles is 1. The van der Waals surface area contributed by atoms with Gasteiger partial charge < -0.3 is 5.32 Å². The summed E-state index contributed by atoms with van der Waals surface area (Å²) in [4.78, 5) is 3.92. The molecule has 0 saturated heterocycles. The van der Waals surface area contributed by atoms with Gasteiger partial charge in [-0.3, -0.25) is 0 Å². The summed E-state index contributed by atoms with van der Waals surface area (Å²) in [6.07, 6.45) is 6.87. The molecule has 1 aromatic rings. The fourth-order valence-electron chi connectivity index (χ4n) is 1.23. The first kappa shape index (κ1) is 11.4. The Morgan fingerprint density at radius 1 is 1.60 bits per heavy atom. The molecule has 1 aromatic heterocycles. The molecule has 1 rings (SSSR count). The second kappa shape index (κ2) is 6.74. The predicted octanol–water partition coefficient (Wildman–Crippen LogP) is 2.01. The first-order valence-electron chi connectivity index (χ1n) is 5.03. The zero-order valence-corrected chi connectivity index (χ0v) is 8.90. The number of hydrogen-bond donors (Lipinski definition) is 1. The highest BCUT2D eigenvalue weighted by Crippen LogP contribution is 2.00. The summed E-state index contributed by atoms with van der Waals surface area (Å²) in [5, 5.41) is 12.0. The van der Waals surface area contributed by atoms with E-state index in [0.29, 0.717) is 5.69 Å². The van der Waals surface area contributed by atoms with Gasteiger partial charge in [-0.25, -0.2) is 4.98 Å². The van der Waals surface area contributed by atoms with Crippen molar-refractivity contribution in [3.63, 3.8) is 0 Å². The van der Waals surface area contributed by atoms with Gasteiger partial charge in [0.05, 0.1) is 0 Å². The van der Waals surface area contributed by atoms with Crippen LogP contribution < -0.4 is 5.32 Å². The SMILES string of the molecule is C/C=C/CCNCc1ccnc(C#N)c1. The third-order valence-corrected chi connectivity index (χ3v) is 1.99. The molecule has 0 amide bonds. The van der Waals surface area contributed by atoms with E-state index in [4.69, 9.17) is 5.26 Å². The quantitative estimate of drug-likeness (QED) is 0.585. The Balaban J connectivity index is 2.34. The lowest BCUT2D eigenvalue weighted by atomic mass is 10.2. The number of nitrogens with one attached hydrogen (secondary N) is 1. The molecule has 3 nitrogen and oxygen atoms in total. The number of nitrogens with zero attached hydrogens (tertiary/aromatic N) is 2. The molecule has 0 saturated carbocycles. The molecule has 1 N–H and O–H groups in total. The topological polar surface area (TPSA) is 48.7 Å². The van der Waals surface area contributed by atoms with Gasteiger partial charge in [0.25, 0.3) is 0 Å². The number of hydrogen-bond acceptors (Lipinski definition) is 3. The zero-order valence-electron chi connectivity index (χ0n) is 8.90. The molecule has 0 fully saturated rings. The van der Waals surface area contributed by atoms with Crippen molar-refractivity contribution >= 4 is 0 Å². The first-order chi connectivity index (χ1) is 7.36. The Hall–Kier alpha value is -1.66. The lowest BCUT2D eigenvalue weighted by molar-refractivity contribution is 0.694.